The van der Waals surface area contributed by atoms with E-state index in [0.29, 0.717) is 30.9 Å². The van der Waals surface area contributed by atoms with Crippen molar-refractivity contribution in [1.29, 1.82) is 0 Å². The Morgan fingerprint density at radius 1 is 1.55 bits per heavy atom. The Morgan fingerprint density at radius 3 is 3.05 bits per heavy atom. The lowest BCUT2D eigenvalue weighted by molar-refractivity contribution is -0.143. The van der Waals surface area contributed by atoms with Crippen LogP contribution in [0.3, 0.4) is 0 Å². The lowest BCUT2D eigenvalue weighted by Gasteiger charge is -2.56. The molecule has 0 unspecified atom stereocenters. The molecule has 4 rings (SSSR count). The Kier molecular flexibility index (Phi) is 3.40. The molecule has 0 spiro atoms. The monoisotopic (exact) mass is 274 g/mol. The van der Waals surface area contributed by atoms with Gasteiger partial charge in [-0.1, -0.05) is 19.9 Å². The van der Waals surface area contributed by atoms with E-state index in [1.165, 1.54) is 12.0 Å². The summed E-state index contributed by atoms with van der Waals surface area (Å²) in [5.41, 5.74) is 1.72. The number of aryl methyl sites for hydroxylation is 1. The molecule has 2 atom stereocenters. The third kappa shape index (κ3) is 2.39. The van der Waals surface area contributed by atoms with Crippen molar-refractivity contribution < 1.29 is 9.53 Å². The molecular weight excluding hydrogens is 252 g/mol. The highest BCUT2D eigenvalue weighted by Crippen LogP contribution is 2.59. The van der Waals surface area contributed by atoms with E-state index in [1.807, 2.05) is 12.3 Å². The first-order chi connectivity index (χ1) is 9.57. The molecule has 0 radical (unpaired) electrons. The van der Waals surface area contributed by atoms with Crippen LogP contribution in [0.5, 0.6) is 0 Å². The molecule has 3 aliphatic carbocycles. The summed E-state index contributed by atoms with van der Waals surface area (Å²) < 4.78 is 7.17. The van der Waals surface area contributed by atoms with Crippen LogP contribution in [0, 0.1) is 17.3 Å². The summed E-state index contributed by atoms with van der Waals surface area (Å²) in [5, 5.41) is 4.07. The molecule has 1 heterocycles. The molecule has 1 aromatic heterocycles. The fourth-order valence-corrected chi connectivity index (χ4v) is 3.52. The lowest BCUT2D eigenvalue weighted by Crippen LogP contribution is -2.48. The molecule has 3 aliphatic rings. The molecule has 1 saturated carbocycles. The predicted molar refractivity (Wildman–Crippen MR) is 75.9 cm³/mol. The summed E-state index contributed by atoms with van der Waals surface area (Å²) in [5.74, 6) is 1.30. The van der Waals surface area contributed by atoms with Crippen LogP contribution < -0.4 is 0 Å². The summed E-state index contributed by atoms with van der Waals surface area (Å²) >= 11 is 0. The van der Waals surface area contributed by atoms with Gasteiger partial charge in [-0.15, -0.1) is 0 Å². The second-order valence-corrected chi connectivity index (χ2v) is 6.50. The minimum absolute atomic E-state index is 0.138. The number of fused-ring (bicyclic) bond motifs is 1. The van der Waals surface area contributed by atoms with Crippen LogP contribution in [0.15, 0.2) is 30.1 Å². The molecule has 108 valence electrons. The smallest absolute Gasteiger partial charge is 0.307 e. The Hall–Kier alpha value is -1.58. The molecule has 0 amide bonds. The van der Waals surface area contributed by atoms with Gasteiger partial charge in [0.2, 0.25) is 0 Å². The summed E-state index contributed by atoms with van der Waals surface area (Å²) in [7, 11) is 0. The number of allylic oxidation sites excluding steroid dienone is 1. The number of rotatable bonds is 5. The van der Waals surface area contributed by atoms with Gasteiger partial charge in [-0.3, -0.25) is 9.48 Å². The maximum atomic E-state index is 11.8. The fraction of sp³-hybridized carbons (Fsp3) is 0.625. The van der Waals surface area contributed by atoms with Gasteiger partial charge in [0.05, 0.1) is 13.0 Å². The van der Waals surface area contributed by atoms with E-state index in [9.17, 15) is 4.79 Å². The lowest BCUT2D eigenvalue weighted by atomic mass is 9.49. The summed E-state index contributed by atoms with van der Waals surface area (Å²) in [6.45, 7) is 5.72. The van der Waals surface area contributed by atoms with E-state index in [-0.39, 0.29) is 5.97 Å². The average Bonchev–Trinajstić information content (AvgIpc) is 2.96. The van der Waals surface area contributed by atoms with Crippen LogP contribution in [0.25, 0.3) is 0 Å². The number of carbonyl (C=O) groups is 1. The van der Waals surface area contributed by atoms with Crippen LogP contribution >= 0.6 is 0 Å². The number of carbonyl (C=O) groups excluding carboxylic acids is 1. The molecule has 0 aromatic carbocycles. The van der Waals surface area contributed by atoms with Crippen LogP contribution in [0.1, 0.15) is 33.1 Å². The third-order valence-corrected chi connectivity index (χ3v) is 5.09. The number of nitrogens with zero attached hydrogens (tertiary/aromatic N) is 2. The van der Waals surface area contributed by atoms with Gasteiger partial charge >= 0.3 is 5.97 Å². The second-order valence-electron chi connectivity index (χ2n) is 6.50. The standard InChI is InChI=1S/C16H22N2O2/c1-16(2)13-5-4-12(14(16)10-13)11-20-15(19)6-9-18-8-3-7-17-18/h3-4,7-8,13-14H,5-6,9-11H2,1-2H3/t13-,14-/m0/s1. The van der Waals surface area contributed by atoms with E-state index in [4.69, 9.17) is 4.74 Å². The zero-order valence-electron chi connectivity index (χ0n) is 12.2. The Morgan fingerprint density at radius 2 is 2.40 bits per heavy atom. The minimum Gasteiger partial charge on any atom is -0.461 e. The molecule has 0 aliphatic heterocycles. The van der Waals surface area contributed by atoms with Crippen LogP contribution in [-0.2, 0) is 16.1 Å². The van der Waals surface area contributed by atoms with E-state index in [0.717, 1.165) is 12.3 Å². The molecule has 1 aromatic rings. The molecule has 0 N–H and O–H groups in total. The van der Waals surface area contributed by atoms with Crippen molar-refractivity contribution in [3.63, 3.8) is 0 Å². The van der Waals surface area contributed by atoms with Crippen molar-refractivity contribution in [2.24, 2.45) is 17.3 Å². The van der Waals surface area contributed by atoms with Crippen molar-refractivity contribution >= 4 is 5.97 Å². The van der Waals surface area contributed by atoms with Gasteiger partial charge in [-0.25, -0.2) is 0 Å². The normalized spacial score (nSPS) is 26.6. The molecule has 4 heteroatoms. The van der Waals surface area contributed by atoms with Gasteiger partial charge in [-0.2, -0.15) is 5.10 Å². The third-order valence-electron chi connectivity index (χ3n) is 5.09. The van der Waals surface area contributed by atoms with Crippen molar-refractivity contribution in [2.75, 3.05) is 6.61 Å². The fourth-order valence-electron chi connectivity index (χ4n) is 3.52. The zero-order chi connectivity index (χ0) is 14.2. The summed E-state index contributed by atoms with van der Waals surface area (Å²) in [6, 6.07) is 1.85. The van der Waals surface area contributed by atoms with Crippen LogP contribution in [-0.4, -0.2) is 22.4 Å². The van der Waals surface area contributed by atoms with Gasteiger partial charge in [-0.05, 0) is 41.7 Å². The minimum atomic E-state index is -0.138. The first-order valence-electron chi connectivity index (χ1n) is 7.39. The highest BCUT2D eigenvalue weighted by Gasteiger charge is 2.51. The number of aromatic nitrogens is 2. The molecule has 2 bridgehead atoms. The maximum absolute atomic E-state index is 11.8. The number of hydrogen-bond acceptors (Lipinski definition) is 3. The number of ether oxygens (including phenoxy) is 1. The van der Waals surface area contributed by atoms with Crippen LogP contribution in [0.2, 0.25) is 0 Å². The highest BCUT2D eigenvalue weighted by atomic mass is 16.5. The molecule has 1 fully saturated rings. The van der Waals surface area contributed by atoms with E-state index in [2.05, 4.69) is 25.0 Å². The quantitative estimate of drug-likeness (QED) is 0.612. The van der Waals surface area contributed by atoms with Crippen molar-refractivity contribution in [1.82, 2.24) is 9.78 Å². The second kappa shape index (κ2) is 5.08. The van der Waals surface area contributed by atoms with Gasteiger partial charge < -0.3 is 4.74 Å². The number of esters is 1. The largest absolute Gasteiger partial charge is 0.461 e. The predicted octanol–water partition coefficient (Wildman–Crippen LogP) is 2.81. The van der Waals surface area contributed by atoms with E-state index in [1.54, 1.807) is 10.9 Å². The molecule has 0 saturated heterocycles. The van der Waals surface area contributed by atoms with Gasteiger partial charge in [0.15, 0.2) is 0 Å². The number of hydrogen-bond donors (Lipinski definition) is 0. The Bertz CT molecular complexity index is 517. The van der Waals surface area contributed by atoms with Gasteiger partial charge in [0.25, 0.3) is 0 Å². The Labute approximate surface area is 119 Å². The highest BCUT2D eigenvalue weighted by molar-refractivity contribution is 5.69. The van der Waals surface area contributed by atoms with Crippen molar-refractivity contribution in [3.8, 4) is 0 Å². The van der Waals surface area contributed by atoms with Crippen LogP contribution in [0.4, 0.5) is 0 Å². The summed E-state index contributed by atoms with van der Waals surface area (Å²) in [4.78, 5) is 11.8. The topological polar surface area (TPSA) is 44.1 Å². The van der Waals surface area contributed by atoms with E-state index >= 15 is 0 Å². The van der Waals surface area contributed by atoms with E-state index < -0.39 is 0 Å². The summed E-state index contributed by atoms with van der Waals surface area (Å²) in [6.07, 6.45) is 8.64. The molecule has 20 heavy (non-hydrogen) atoms. The Balaban J connectivity index is 1.45. The maximum Gasteiger partial charge on any atom is 0.307 e. The van der Waals surface area contributed by atoms with Crippen molar-refractivity contribution in [2.45, 2.75) is 39.7 Å². The zero-order valence-corrected chi connectivity index (χ0v) is 12.2. The average molecular weight is 274 g/mol. The van der Waals surface area contributed by atoms with Crippen molar-refractivity contribution in [3.05, 3.63) is 30.1 Å². The first-order valence-corrected chi connectivity index (χ1v) is 7.39. The molecular formula is C16H22N2O2. The van der Waals surface area contributed by atoms with Gasteiger partial charge in [0.1, 0.15) is 6.61 Å². The first kappa shape index (κ1) is 13.4. The molecule has 4 nitrogen and oxygen atoms in total. The SMILES string of the molecule is CC1(C)[C@H]2CC=C(COC(=O)CCn3cccn3)[C@@H]1C2. The van der Waals surface area contributed by atoms with Gasteiger partial charge in [0, 0.05) is 12.4 Å².